The van der Waals surface area contributed by atoms with Crippen molar-refractivity contribution in [2.75, 3.05) is 18.4 Å². The zero-order valence-corrected chi connectivity index (χ0v) is 14.8. The van der Waals surface area contributed by atoms with Gasteiger partial charge >= 0.3 is 0 Å². The number of halogens is 1. The maximum Gasteiger partial charge on any atom is 0.256 e. The smallest absolute Gasteiger partial charge is 0.256 e. The Hall–Kier alpha value is -2.96. The van der Waals surface area contributed by atoms with Gasteiger partial charge in [-0.2, -0.15) is 0 Å². The lowest BCUT2D eigenvalue weighted by atomic mass is 10.1. The zero-order chi connectivity index (χ0) is 18.7. The highest BCUT2D eigenvalue weighted by molar-refractivity contribution is 5.98. The van der Waals surface area contributed by atoms with E-state index in [0.717, 1.165) is 11.1 Å². The van der Waals surface area contributed by atoms with E-state index >= 15 is 0 Å². The monoisotopic (exact) mass is 356 g/mol. The van der Waals surface area contributed by atoms with Gasteiger partial charge in [0.05, 0.1) is 17.8 Å². The van der Waals surface area contributed by atoms with E-state index in [4.69, 9.17) is 0 Å². The average molecular weight is 356 g/mol. The Balaban J connectivity index is 1.64. The van der Waals surface area contributed by atoms with Crippen molar-refractivity contribution in [3.63, 3.8) is 0 Å². The molecule has 136 valence electrons. The topological polar surface area (TPSA) is 74.3 Å². The number of hydrogen-bond donors (Lipinski definition) is 2. The van der Waals surface area contributed by atoms with Gasteiger partial charge in [-0.05, 0) is 42.3 Å². The number of amides is 2. The molecule has 0 unspecified atom stereocenters. The summed E-state index contributed by atoms with van der Waals surface area (Å²) in [5.41, 5.74) is 3.15. The summed E-state index contributed by atoms with van der Waals surface area (Å²) in [6.07, 6.45) is 0. The molecular weight excluding hydrogens is 335 g/mol. The number of nitrogens with zero attached hydrogens (tertiary/aromatic N) is 2. The molecular formula is C19H21FN4O2. The lowest BCUT2D eigenvalue weighted by Gasteiger charge is -2.14. The van der Waals surface area contributed by atoms with Gasteiger partial charge in [0.1, 0.15) is 11.6 Å². The van der Waals surface area contributed by atoms with Crippen molar-refractivity contribution in [2.24, 2.45) is 0 Å². The number of pyridine rings is 1. The maximum atomic E-state index is 13.4. The molecule has 2 N–H and O–H groups in total. The molecule has 0 spiro atoms. The molecule has 3 rings (SSSR count). The van der Waals surface area contributed by atoms with Gasteiger partial charge in [-0.3, -0.25) is 9.59 Å². The van der Waals surface area contributed by atoms with E-state index in [1.165, 1.54) is 19.1 Å². The fraction of sp³-hybridized carbons (Fsp3) is 0.316. The molecule has 0 fully saturated rings. The number of nitrogens with one attached hydrogen (secondary N) is 2. The summed E-state index contributed by atoms with van der Waals surface area (Å²) in [6.45, 7) is 5.11. The molecule has 0 saturated heterocycles. The number of carbonyl (C=O) groups is 2. The van der Waals surface area contributed by atoms with Crippen LogP contribution < -0.4 is 10.6 Å². The molecule has 26 heavy (non-hydrogen) atoms. The molecule has 7 heteroatoms. The predicted molar refractivity (Wildman–Crippen MR) is 96.1 cm³/mol. The van der Waals surface area contributed by atoms with Crippen molar-refractivity contribution < 1.29 is 14.0 Å². The van der Waals surface area contributed by atoms with Crippen LogP contribution in [0.5, 0.6) is 0 Å². The van der Waals surface area contributed by atoms with Crippen molar-refractivity contribution in [3.8, 4) is 0 Å². The third-order valence-electron chi connectivity index (χ3n) is 4.36. The average Bonchev–Trinajstić information content (AvgIpc) is 2.91. The van der Waals surface area contributed by atoms with Crippen molar-refractivity contribution in [2.45, 2.75) is 26.9 Å². The molecule has 6 nitrogen and oxygen atoms in total. The van der Waals surface area contributed by atoms with Crippen LogP contribution in [0.25, 0.3) is 0 Å². The summed E-state index contributed by atoms with van der Waals surface area (Å²) < 4.78 is 13.4. The summed E-state index contributed by atoms with van der Waals surface area (Å²) in [6, 6.07) is 8.19. The quantitative estimate of drug-likeness (QED) is 0.832. The van der Waals surface area contributed by atoms with Crippen LogP contribution in [0.4, 0.5) is 10.2 Å². The number of benzene rings is 1. The Morgan fingerprint density at radius 1 is 1.31 bits per heavy atom. The third-order valence-corrected chi connectivity index (χ3v) is 4.36. The number of anilines is 1. The second kappa shape index (κ2) is 7.51. The number of rotatable bonds is 6. The summed E-state index contributed by atoms with van der Waals surface area (Å²) in [5, 5.41) is 5.87. The molecule has 0 bridgehead atoms. The highest BCUT2D eigenvalue weighted by atomic mass is 19.1. The van der Waals surface area contributed by atoms with Crippen LogP contribution in [0.1, 0.15) is 34.1 Å². The van der Waals surface area contributed by atoms with Crippen molar-refractivity contribution in [3.05, 3.63) is 58.5 Å². The Morgan fingerprint density at radius 2 is 2.12 bits per heavy atom. The van der Waals surface area contributed by atoms with Crippen molar-refractivity contribution >= 4 is 17.6 Å². The molecule has 1 aromatic carbocycles. The van der Waals surface area contributed by atoms with E-state index < -0.39 is 0 Å². The van der Waals surface area contributed by atoms with Crippen molar-refractivity contribution in [1.29, 1.82) is 0 Å². The second-order valence-electron chi connectivity index (χ2n) is 6.32. The van der Waals surface area contributed by atoms with E-state index in [-0.39, 0.29) is 17.6 Å². The summed E-state index contributed by atoms with van der Waals surface area (Å²) >= 11 is 0. The van der Waals surface area contributed by atoms with Crippen molar-refractivity contribution in [1.82, 2.24) is 15.2 Å². The highest BCUT2D eigenvalue weighted by Gasteiger charge is 2.28. The minimum atomic E-state index is -0.269. The number of fused-ring (bicyclic) bond motifs is 1. The van der Waals surface area contributed by atoms with Gasteiger partial charge in [0.2, 0.25) is 5.91 Å². The fourth-order valence-corrected chi connectivity index (χ4v) is 2.90. The molecule has 0 saturated carbocycles. The largest absolute Gasteiger partial charge is 0.366 e. The minimum Gasteiger partial charge on any atom is -0.366 e. The van der Waals surface area contributed by atoms with E-state index in [9.17, 15) is 14.0 Å². The van der Waals surface area contributed by atoms with E-state index in [2.05, 4.69) is 15.6 Å². The first-order chi connectivity index (χ1) is 12.4. The molecule has 1 aliphatic heterocycles. The zero-order valence-electron chi connectivity index (χ0n) is 14.8. The normalized spacial score (nSPS) is 12.9. The molecule has 2 heterocycles. The Morgan fingerprint density at radius 3 is 2.88 bits per heavy atom. The van der Waals surface area contributed by atoms with E-state index in [1.807, 2.05) is 6.92 Å². The molecule has 2 aromatic rings. The van der Waals surface area contributed by atoms with E-state index in [1.54, 1.807) is 23.1 Å². The molecule has 2 amide bonds. The van der Waals surface area contributed by atoms with Crippen LogP contribution in [0, 0.1) is 12.7 Å². The van der Waals surface area contributed by atoms with Crippen LogP contribution in [0.2, 0.25) is 0 Å². The second-order valence-corrected chi connectivity index (χ2v) is 6.32. The third kappa shape index (κ3) is 3.99. The Kier molecular flexibility index (Phi) is 5.16. The number of aryl methyl sites for hydroxylation is 1. The number of hydrogen-bond acceptors (Lipinski definition) is 4. The van der Waals surface area contributed by atoms with Crippen LogP contribution in [-0.4, -0.2) is 34.8 Å². The summed E-state index contributed by atoms with van der Waals surface area (Å²) in [4.78, 5) is 29.5. The number of carbonyl (C=O) groups excluding carboxylic acids is 2. The summed E-state index contributed by atoms with van der Waals surface area (Å²) in [7, 11) is 0. The van der Waals surface area contributed by atoms with Crippen LogP contribution in [0.15, 0.2) is 30.3 Å². The first-order valence-corrected chi connectivity index (χ1v) is 8.46. The SMILES string of the molecule is CC(=O)NCCN1Cc2nc(NCc3cc(F)ccc3C)ccc2C1=O. The molecule has 0 aliphatic carbocycles. The minimum absolute atomic E-state index is 0.0784. The molecule has 0 atom stereocenters. The van der Waals surface area contributed by atoms with Gasteiger partial charge in [-0.1, -0.05) is 6.07 Å². The van der Waals surface area contributed by atoms with E-state index in [0.29, 0.717) is 43.3 Å². The highest BCUT2D eigenvalue weighted by Crippen LogP contribution is 2.23. The van der Waals surface area contributed by atoms with Crippen LogP contribution in [-0.2, 0) is 17.9 Å². The van der Waals surface area contributed by atoms with Gasteiger partial charge < -0.3 is 15.5 Å². The summed E-state index contributed by atoms with van der Waals surface area (Å²) in [5.74, 6) is 0.176. The van der Waals surface area contributed by atoms with Gasteiger partial charge in [-0.25, -0.2) is 9.37 Å². The fourth-order valence-electron chi connectivity index (χ4n) is 2.90. The lowest BCUT2D eigenvalue weighted by molar-refractivity contribution is -0.119. The molecule has 1 aromatic heterocycles. The molecule has 0 radical (unpaired) electrons. The number of aromatic nitrogens is 1. The van der Waals surface area contributed by atoms with Crippen LogP contribution >= 0.6 is 0 Å². The van der Waals surface area contributed by atoms with Gasteiger partial charge in [0.25, 0.3) is 5.91 Å². The first kappa shape index (κ1) is 17.8. The van der Waals surface area contributed by atoms with Crippen LogP contribution in [0.3, 0.4) is 0 Å². The maximum absolute atomic E-state index is 13.4. The van der Waals surface area contributed by atoms with Gasteiger partial charge in [0, 0.05) is 26.6 Å². The first-order valence-electron chi connectivity index (χ1n) is 8.46. The Labute approximate surface area is 151 Å². The predicted octanol–water partition coefficient (Wildman–Crippen LogP) is 2.23. The van der Waals surface area contributed by atoms with Gasteiger partial charge in [-0.15, -0.1) is 0 Å². The Bertz CT molecular complexity index is 853. The standard InChI is InChI=1S/C19H21FN4O2/c1-12-3-4-15(20)9-14(12)10-22-18-6-5-16-17(23-18)11-24(19(16)26)8-7-21-13(2)25/h3-6,9H,7-8,10-11H2,1-2H3,(H,21,25)(H,22,23). The molecule has 1 aliphatic rings. The van der Waals surface area contributed by atoms with Gasteiger partial charge in [0.15, 0.2) is 0 Å². The lowest BCUT2D eigenvalue weighted by Crippen LogP contribution is -2.34.